The molecular weight excluding hydrogens is 322 g/mol. The van der Waals surface area contributed by atoms with E-state index in [1.165, 1.54) is 26.2 Å². The Hall–Kier alpha value is -2.83. The Morgan fingerprint density at radius 2 is 1.84 bits per heavy atom. The Morgan fingerprint density at radius 3 is 2.32 bits per heavy atom. The number of carbonyl (C=O) groups is 4. The molecule has 1 rings (SSSR count). The molecule has 1 aliphatic heterocycles. The van der Waals surface area contributed by atoms with Crippen molar-refractivity contribution < 1.29 is 19.2 Å². The fourth-order valence-electron chi connectivity index (χ4n) is 2.41. The Balaban J connectivity index is 3.22. The van der Waals surface area contributed by atoms with Gasteiger partial charge in [-0.1, -0.05) is 24.3 Å². The van der Waals surface area contributed by atoms with Gasteiger partial charge in [-0.2, -0.15) is 0 Å². The number of Topliss-reactive ketones (excluding diaryl/α,β-unsaturated/α-hetero) is 1. The summed E-state index contributed by atoms with van der Waals surface area (Å²) in [5.41, 5.74) is -0.367. The molecule has 1 heterocycles. The van der Waals surface area contributed by atoms with Crippen LogP contribution in [-0.4, -0.2) is 53.7 Å². The molecular formula is C18H23N3O4. The summed E-state index contributed by atoms with van der Waals surface area (Å²) in [5.74, 6) is -1.80. The zero-order valence-corrected chi connectivity index (χ0v) is 15.0. The van der Waals surface area contributed by atoms with Crippen molar-refractivity contribution in [2.75, 3.05) is 13.6 Å². The van der Waals surface area contributed by atoms with Crippen molar-refractivity contribution in [3.05, 3.63) is 36.1 Å². The second-order valence-electron chi connectivity index (χ2n) is 6.25. The van der Waals surface area contributed by atoms with Crippen LogP contribution in [0, 0.1) is 5.41 Å². The van der Waals surface area contributed by atoms with Crippen LogP contribution in [0.1, 0.15) is 27.2 Å². The molecule has 1 saturated heterocycles. The van der Waals surface area contributed by atoms with Gasteiger partial charge in [0.25, 0.3) is 0 Å². The highest BCUT2D eigenvalue weighted by molar-refractivity contribution is 6.20. The lowest BCUT2D eigenvalue weighted by molar-refractivity contribution is -0.157. The molecule has 7 nitrogen and oxygen atoms in total. The second-order valence-corrected chi connectivity index (χ2v) is 6.25. The molecule has 0 aromatic rings. The molecule has 134 valence electrons. The number of carbonyl (C=O) groups excluding carboxylic acids is 4. The number of ketones is 1. The fourth-order valence-corrected chi connectivity index (χ4v) is 2.41. The number of urea groups is 1. The minimum Gasteiger partial charge on any atom is -0.292 e. The molecule has 0 N–H and O–H groups in total. The maximum atomic E-state index is 12.8. The number of aliphatic imine (C=N–C) groups is 1. The molecule has 0 saturated carbocycles. The largest absolute Gasteiger partial charge is 0.333 e. The molecule has 1 fully saturated rings. The van der Waals surface area contributed by atoms with E-state index in [1.54, 1.807) is 6.08 Å². The third kappa shape index (κ3) is 3.99. The van der Waals surface area contributed by atoms with Gasteiger partial charge in [-0.25, -0.2) is 4.79 Å². The average molecular weight is 345 g/mol. The average Bonchev–Trinajstić information content (AvgIpc) is 2.58. The summed E-state index contributed by atoms with van der Waals surface area (Å²) in [6.07, 6.45) is 4.38. The normalized spacial score (nSPS) is 21.3. The molecule has 7 heteroatoms. The predicted molar refractivity (Wildman–Crippen MR) is 94.9 cm³/mol. The summed E-state index contributed by atoms with van der Waals surface area (Å²) in [4.78, 5) is 55.1. The van der Waals surface area contributed by atoms with E-state index in [9.17, 15) is 19.2 Å². The molecule has 1 unspecified atom stereocenters. The number of hydrogen-bond donors (Lipinski definition) is 0. The lowest BCUT2D eigenvalue weighted by atomic mass is 9.81. The van der Waals surface area contributed by atoms with Gasteiger partial charge in [0.2, 0.25) is 11.8 Å². The first kappa shape index (κ1) is 20.2. The highest BCUT2D eigenvalue weighted by Gasteiger charge is 2.52. The van der Waals surface area contributed by atoms with Crippen molar-refractivity contribution in [1.82, 2.24) is 9.80 Å². The van der Waals surface area contributed by atoms with Crippen molar-refractivity contribution >= 4 is 30.3 Å². The molecule has 4 amide bonds. The molecule has 0 spiro atoms. The van der Waals surface area contributed by atoms with Gasteiger partial charge < -0.3 is 0 Å². The number of nitrogens with zero attached hydrogens (tertiary/aromatic N) is 3. The van der Waals surface area contributed by atoms with E-state index >= 15 is 0 Å². The summed E-state index contributed by atoms with van der Waals surface area (Å²) in [6, 6.07) is -0.826. The lowest BCUT2D eigenvalue weighted by Crippen LogP contribution is -2.63. The van der Waals surface area contributed by atoms with E-state index in [1.807, 2.05) is 13.8 Å². The van der Waals surface area contributed by atoms with E-state index in [0.29, 0.717) is 0 Å². The number of barbiturate groups is 1. The van der Waals surface area contributed by atoms with Gasteiger partial charge in [-0.15, -0.1) is 0 Å². The van der Waals surface area contributed by atoms with Crippen LogP contribution in [0.3, 0.4) is 0 Å². The summed E-state index contributed by atoms with van der Waals surface area (Å²) >= 11 is 0. The van der Waals surface area contributed by atoms with Crippen LogP contribution in [0.15, 0.2) is 41.1 Å². The highest BCUT2D eigenvalue weighted by Crippen LogP contribution is 2.33. The lowest BCUT2D eigenvalue weighted by Gasteiger charge is -2.40. The fraction of sp³-hybridized carbons (Fsp3) is 0.389. The number of amides is 4. The minimum atomic E-state index is -1.44. The monoisotopic (exact) mass is 345 g/mol. The molecule has 0 bridgehead atoms. The van der Waals surface area contributed by atoms with Crippen LogP contribution in [0.25, 0.3) is 0 Å². The maximum Gasteiger partial charge on any atom is 0.333 e. The van der Waals surface area contributed by atoms with Crippen LogP contribution in [0.2, 0.25) is 0 Å². The van der Waals surface area contributed by atoms with Gasteiger partial charge in [0.15, 0.2) is 5.78 Å². The Bertz CT molecular complexity index is 701. The van der Waals surface area contributed by atoms with Crippen LogP contribution in [0.4, 0.5) is 4.79 Å². The van der Waals surface area contributed by atoms with Gasteiger partial charge >= 0.3 is 6.03 Å². The van der Waals surface area contributed by atoms with E-state index in [2.05, 4.69) is 18.3 Å². The van der Waals surface area contributed by atoms with E-state index in [0.717, 1.165) is 15.4 Å². The molecule has 0 aliphatic carbocycles. The van der Waals surface area contributed by atoms with Gasteiger partial charge in [0, 0.05) is 18.8 Å². The molecule has 0 aromatic carbocycles. The van der Waals surface area contributed by atoms with Crippen molar-refractivity contribution in [2.24, 2.45) is 10.4 Å². The SMILES string of the molecule is C=C/C(=C\N=C)C(=O)CN1C(=O)N(C)C(=O)C(C)(CC=C(C)C)C1=O. The summed E-state index contributed by atoms with van der Waals surface area (Å²) in [7, 11) is 1.30. The first-order valence-electron chi connectivity index (χ1n) is 7.69. The van der Waals surface area contributed by atoms with Crippen LogP contribution in [0.5, 0.6) is 0 Å². The Labute approximate surface area is 147 Å². The third-order valence-corrected chi connectivity index (χ3v) is 4.00. The summed E-state index contributed by atoms with van der Waals surface area (Å²) in [5, 5.41) is 0. The first-order chi connectivity index (χ1) is 11.6. The predicted octanol–water partition coefficient (Wildman–Crippen LogP) is 2.11. The van der Waals surface area contributed by atoms with Gasteiger partial charge in [0.05, 0.1) is 6.54 Å². The molecule has 1 aliphatic rings. The Morgan fingerprint density at radius 1 is 1.24 bits per heavy atom. The topological polar surface area (TPSA) is 87.1 Å². The zero-order chi connectivity index (χ0) is 19.4. The number of imide groups is 2. The highest BCUT2D eigenvalue weighted by atomic mass is 16.2. The van der Waals surface area contributed by atoms with Crippen molar-refractivity contribution in [3.63, 3.8) is 0 Å². The molecule has 0 radical (unpaired) electrons. The minimum absolute atomic E-state index is 0.126. The van der Waals surface area contributed by atoms with E-state index in [4.69, 9.17) is 0 Å². The second kappa shape index (κ2) is 7.83. The van der Waals surface area contributed by atoms with E-state index < -0.39 is 35.6 Å². The number of hydrogen-bond acceptors (Lipinski definition) is 5. The smallest absolute Gasteiger partial charge is 0.292 e. The standard InChI is InChI=1S/C18H23N3O4/c1-7-13(10-19-5)14(22)11-21-16(24)18(4,9-8-12(2)3)15(23)20(6)17(21)25/h7-8,10H,1,5,9,11H2,2-4,6H3/b13-10+. The quantitative estimate of drug-likeness (QED) is 0.232. The third-order valence-electron chi connectivity index (χ3n) is 4.00. The number of allylic oxidation sites excluding steroid dienone is 3. The van der Waals surface area contributed by atoms with Crippen molar-refractivity contribution in [2.45, 2.75) is 27.2 Å². The maximum absolute atomic E-state index is 12.8. The van der Waals surface area contributed by atoms with Crippen LogP contribution < -0.4 is 0 Å². The van der Waals surface area contributed by atoms with Gasteiger partial charge in [0.1, 0.15) is 5.41 Å². The molecule has 1 atom stereocenters. The van der Waals surface area contributed by atoms with Crippen LogP contribution in [-0.2, 0) is 14.4 Å². The summed E-state index contributed by atoms with van der Waals surface area (Å²) < 4.78 is 0. The van der Waals surface area contributed by atoms with Crippen molar-refractivity contribution in [1.29, 1.82) is 0 Å². The first-order valence-corrected chi connectivity index (χ1v) is 7.69. The zero-order valence-electron chi connectivity index (χ0n) is 15.0. The van der Waals surface area contributed by atoms with Crippen LogP contribution >= 0.6 is 0 Å². The number of rotatable bonds is 7. The molecule has 25 heavy (non-hydrogen) atoms. The van der Waals surface area contributed by atoms with Gasteiger partial charge in [-0.05, 0) is 33.9 Å². The van der Waals surface area contributed by atoms with Crippen molar-refractivity contribution in [3.8, 4) is 0 Å². The van der Waals surface area contributed by atoms with E-state index in [-0.39, 0.29) is 12.0 Å². The summed E-state index contributed by atoms with van der Waals surface area (Å²) in [6.45, 7) is 11.4. The Kier molecular flexibility index (Phi) is 6.33. The van der Waals surface area contributed by atoms with Gasteiger partial charge in [-0.3, -0.25) is 29.2 Å². The molecule has 0 aromatic heterocycles.